The predicted molar refractivity (Wildman–Crippen MR) is 89.1 cm³/mol. The maximum atomic E-state index is 6.35. The maximum Gasteiger partial charge on any atom is 0.161 e. The highest BCUT2D eigenvalue weighted by Gasteiger charge is 2.12. The molecule has 106 valence electrons. The van der Waals surface area contributed by atoms with Gasteiger partial charge in [0, 0.05) is 16.0 Å². The fraction of sp³-hybridized carbons (Fsp3) is 0.176. The minimum Gasteiger partial charge on any atom is -0.228 e. The van der Waals surface area contributed by atoms with Crippen molar-refractivity contribution in [3.63, 3.8) is 0 Å². The lowest BCUT2D eigenvalue weighted by Gasteiger charge is -2.10. The number of rotatable bonds is 2. The van der Waals surface area contributed by atoms with E-state index < -0.39 is 0 Å². The van der Waals surface area contributed by atoms with Crippen molar-refractivity contribution < 1.29 is 0 Å². The Labute approximate surface area is 133 Å². The van der Waals surface area contributed by atoms with E-state index >= 15 is 0 Å². The summed E-state index contributed by atoms with van der Waals surface area (Å²) in [5.41, 5.74) is 3.95. The summed E-state index contributed by atoms with van der Waals surface area (Å²) in [6.07, 6.45) is 0.901. The summed E-state index contributed by atoms with van der Waals surface area (Å²) in [6, 6.07) is 11.7. The van der Waals surface area contributed by atoms with Gasteiger partial charge < -0.3 is 0 Å². The van der Waals surface area contributed by atoms with Gasteiger partial charge in [-0.3, -0.25) is 0 Å². The summed E-state index contributed by atoms with van der Waals surface area (Å²) in [5.74, 6) is 0.619. The van der Waals surface area contributed by atoms with Gasteiger partial charge in [-0.2, -0.15) is 0 Å². The molecule has 0 N–H and O–H groups in total. The number of fused-ring (bicyclic) bond motifs is 1. The molecule has 21 heavy (non-hydrogen) atoms. The van der Waals surface area contributed by atoms with Gasteiger partial charge in [0.15, 0.2) is 5.82 Å². The Bertz CT molecular complexity index is 828. The van der Waals surface area contributed by atoms with E-state index in [2.05, 4.69) is 18.0 Å². The van der Waals surface area contributed by atoms with Crippen molar-refractivity contribution >= 4 is 34.1 Å². The molecule has 2 aromatic carbocycles. The van der Waals surface area contributed by atoms with E-state index in [9.17, 15) is 0 Å². The highest BCUT2D eigenvalue weighted by Crippen LogP contribution is 2.30. The molecule has 0 aliphatic carbocycles. The molecule has 0 aliphatic rings. The first-order valence-electron chi connectivity index (χ1n) is 6.82. The summed E-state index contributed by atoms with van der Waals surface area (Å²) in [5, 5.41) is 2.07. The molecule has 0 saturated carbocycles. The van der Waals surface area contributed by atoms with E-state index in [1.54, 1.807) is 0 Å². The van der Waals surface area contributed by atoms with E-state index in [0.29, 0.717) is 16.0 Å². The normalized spacial score (nSPS) is 11.0. The van der Waals surface area contributed by atoms with Gasteiger partial charge in [0.2, 0.25) is 0 Å². The molecule has 0 atom stereocenters. The molecule has 3 rings (SSSR count). The Balaban J connectivity index is 2.32. The molecule has 0 fully saturated rings. The number of aryl methyl sites for hydroxylation is 1. The smallest absolute Gasteiger partial charge is 0.161 e. The van der Waals surface area contributed by atoms with Crippen LogP contribution in [0.5, 0.6) is 0 Å². The third-order valence-corrected chi connectivity index (χ3v) is 4.35. The van der Waals surface area contributed by atoms with Gasteiger partial charge >= 0.3 is 0 Å². The summed E-state index contributed by atoms with van der Waals surface area (Å²) in [7, 11) is 0. The van der Waals surface area contributed by atoms with Crippen molar-refractivity contribution in [1.29, 1.82) is 0 Å². The van der Waals surface area contributed by atoms with Crippen LogP contribution in [0.1, 0.15) is 18.1 Å². The highest BCUT2D eigenvalue weighted by molar-refractivity contribution is 6.34. The average molecular weight is 317 g/mol. The Morgan fingerprint density at radius 1 is 1.00 bits per heavy atom. The molecule has 0 bridgehead atoms. The number of hydrogen-bond donors (Lipinski definition) is 0. The van der Waals surface area contributed by atoms with Gasteiger partial charge in [-0.1, -0.05) is 54.4 Å². The van der Waals surface area contributed by atoms with Gasteiger partial charge in [0.05, 0.1) is 5.52 Å². The standard InChI is InChI=1S/C17H14Cl2N2/c1-3-11-6-4-8-13-15(11)20-17(21-16(13)19)12-7-5-9-14(18)10(12)2/h4-9H,3H2,1-2H3. The summed E-state index contributed by atoms with van der Waals surface area (Å²) >= 11 is 12.5. The van der Waals surface area contributed by atoms with Crippen molar-refractivity contribution in [2.75, 3.05) is 0 Å². The van der Waals surface area contributed by atoms with E-state index in [-0.39, 0.29) is 0 Å². The fourth-order valence-corrected chi connectivity index (χ4v) is 2.84. The van der Waals surface area contributed by atoms with E-state index in [1.165, 1.54) is 0 Å². The Morgan fingerprint density at radius 2 is 1.76 bits per heavy atom. The summed E-state index contributed by atoms with van der Waals surface area (Å²) in [4.78, 5) is 9.17. The summed E-state index contributed by atoms with van der Waals surface area (Å²) < 4.78 is 0. The van der Waals surface area contributed by atoms with Crippen LogP contribution in [0.2, 0.25) is 10.2 Å². The van der Waals surface area contributed by atoms with Crippen LogP contribution in [0.15, 0.2) is 36.4 Å². The fourth-order valence-electron chi connectivity index (χ4n) is 2.43. The number of hydrogen-bond acceptors (Lipinski definition) is 2. The van der Waals surface area contributed by atoms with Gasteiger partial charge in [-0.25, -0.2) is 9.97 Å². The van der Waals surface area contributed by atoms with Crippen LogP contribution in [-0.4, -0.2) is 9.97 Å². The zero-order chi connectivity index (χ0) is 15.0. The van der Waals surface area contributed by atoms with Crippen LogP contribution >= 0.6 is 23.2 Å². The summed E-state index contributed by atoms with van der Waals surface area (Å²) in [6.45, 7) is 4.07. The molecule has 1 aromatic heterocycles. The Kier molecular flexibility index (Phi) is 3.83. The molecule has 0 aliphatic heterocycles. The molecule has 0 radical (unpaired) electrons. The minimum atomic E-state index is 0.477. The van der Waals surface area contributed by atoms with Gasteiger partial charge in [0.25, 0.3) is 0 Å². The zero-order valence-corrected chi connectivity index (χ0v) is 13.3. The van der Waals surface area contributed by atoms with Crippen LogP contribution in [0.4, 0.5) is 0 Å². The van der Waals surface area contributed by atoms with Gasteiger partial charge in [-0.15, -0.1) is 0 Å². The quantitative estimate of drug-likeness (QED) is 0.585. The monoisotopic (exact) mass is 316 g/mol. The van der Waals surface area contributed by atoms with Crippen LogP contribution in [0.3, 0.4) is 0 Å². The number of para-hydroxylation sites is 1. The Morgan fingerprint density at radius 3 is 2.52 bits per heavy atom. The largest absolute Gasteiger partial charge is 0.228 e. The van der Waals surface area contributed by atoms with Crippen molar-refractivity contribution in [2.24, 2.45) is 0 Å². The second-order valence-corrected chi connectivity index (χ2v) is 5.68. The molecular weight excluding hydrogens is 303 g/mol. The third-order valence-electron chi connectivity index (χ3n) is 3.65. The first-order chi connectivity index (χ1) is 10.1. The molecule has 1 heterocycles. The number of benzene rings is 2. The van der Waals surface area contributed by atoms with Crippen LogP contribution in [-0.2, 0) is 6.42 Å². The molecule has 3 aromatic rings. The minimum absolute atomic E-state index is 0.477. The van der Waals surface area contributed by atoms with Crippen molar-refractivity contribution in [1.82, 2.24) is 9.97 Å². The molecule has 2 nitrogen and oxygen atoms in total. The lowest BCUT2D eigenvalue weighted by atomic mass is 10.1. The molecule has 0 unspecified atom stereocenters. The van der Waals surface area contributed by atoms with Crippen molar-refractivity contribution in [3.8, 4) is 11.4 Å². The number of halogens is 2. The lowest BCUT2D eigenvalue weighted by molar-refractivity contribution is 1.13. The van der Waals surface area contributed by atoms with Crippen LogP contribution < -0.4 is 0 Å². The molecule has 0 saturated heterocycles. The first kappa shape index (κ1) is 14.3. The average Bonchev–Trinajstić information content (AvgIpc) is 2.49. The second kappa shape index (κ2) is 5.63. The maximum absolute atomic E-state index is 6.35. The SMILES string of the molecule is CCc1cccc2c(Cl)nc(-c3cccc(Cl)c3C)nc12. The van der Waals surface area contributed by atoms with E-state index in [4.69, 9.17) is 28.2 Å². The number of aromatic nitrogens is 2. The topological polar surface area (TPSA) is 25.8 Å². The Hall–Kier alpha value is -1.64. The van der Waals surface area contributed by atoms with E-state index in [0.717, 1.165) is 34.0 Å². The van der Waals surface area contributed by atoms with Crippen LogP contribution in [0, 0.1) is 6.92 Å². The zero-order valence-electron chi connectivity index (χ0n) is 11.8. The van der Waals surface area contributed by atoms with Gasteiger partial charge in [0.1, 0.15) is 5.15 Å². The molecule has 0 amide bonds. The highest BCUT2D eigenvalue weighted by atomic mass is 35.5. The lowest BCUT2D eigenvalue weighted by Crippen LogP contribution is -1.96. The van der Waals surface area contributed by atoms with Gasteiger partial charge in [-0.05, 0) is 36.6 Å². The molecule has 0 spiro atoms. The van der Waals surface area contributed by atoms with E-state index in [1.807, 2.05) is 37.3 Å². The van der Waals surface area contributed by atoms with Crippen molar-refractivity contribution in [2.45, 2.75) is 20.3 Å². The first-order valence-corrected chi connectivity index (χ1v) is 7.58. The van der Waals surface area contributed by atoms with Crippen LogP contribution in [0.25, 0.3) is 22.3 Å². The second-order valence-electron chi connectivity index (χ2n) is 4.92. The molecule has 4 heteroatoms. The predicted octanol–water partition coefficient (Wildman–Crippen LogP) is 5.47. The van der Waals surface area contributed by atoms with Crippen molar-refractivity contribution in [3.05, 3.63) is 57.7 Å². The third kappa shape index (κ3) is 2.50. The number of nitrogens with zero attached hydrogens (tertiary/aromatic N) is 2. The molecular formula is C17H14Cl2N2.